The molecule has 2 N–H and O–H groups in total. The van der Waals surface area contributed by atoms with Crippen LogP contribution in [0.4, 0.5) is 11.5 Å². The predicted octanol–water partition coefficient (Wildman–Crippen LogP) is 4.29. The maximum atomic E-state index is 12.1. The van der Waals surface area contributed by atoms with Crippen LogP contribution in [0.2, 0.25) is 5.02 Å². The van der Waals surface area contributed by atoms with Gasteiger partial charge in [-0.2, -0.15) is 5.26 Å². The van der Waals surface area contributed by atoms with E-state index in [1.807, 2.05) is 12.1 Å². The van der Waals surface area contributed by atoms with Crippen molar-refractivity contribution in [3.8, 4) is 6.07 Å². The maximum Gasteiger partial charge on any atom is 0.254 e. The van der Waals surface area contributed by atoms with E-state index in [1.54, 1.807) is 24.2 Å². The molecule has 6 nitrogen and oxygen atoms in total. The number of rotatable bonds is 3. The Bertz CT molecular complexity index is 1160. The zero-order valence-electron chi connectivity index (χ0n) is 14.6. The Kier molecular flexibility index (Phi) is 3.43. The maximum absolute atomic E-state index is 12.1. The molecular formula is C20H16ClN5O. The molecule has 0 bridgehead atoms. The van der Waals surface area contributed by atoms with Crippen LogP contribution in [0.5, 0.6) is 0 Å². The highest BCUT2D eigenvalue weighted by Gasteiger charge is 2.29. The number of nitrogens with zero attached hydrogens (tertiary/aromatic N) is 3. The molecule has 1 aliphatic heterocycles. The van der Waals surface area contributed by atoms with Gasteiger partial charge in [0.15, 0.2) is 0 Å². The molecule has 1 aliphatic carbocycles. The van der Waals surface area contributed by atoms with Crippen LogP contribution in [-0.2, 0) is 6.54 Å². The quantitative estimate of drug-likeness (QED) is 0.712. The molecular weight excluding hydrogens is 362 g/mol. The Morgan fingerprint density at radius 2 is 2.19 bits per heavy atom. The molecule has 7 heteroatoms. The van der Waals surface area contributed by atoms with Crippen LogP contribution >= 0.6 is 11.6 Å². The number of pyridine rings is 1. The molecule has 5 rings (SSSR count). The first-order valence-corrected chi connectivity index (χ1v) is 9.20. The Labute approximate surface area is 160 Å². The monoisotopic (exact) mass is 377 g/mol. The van der Waals surface area contributed by atoms with Gasteiger partial charge < -0.3 is 15.2 Å². The lowest BCUT2D eigenvalue weighted by atomic mass is 10.1. The molecule has 1 amide bonds. The summed E-state index contributed by atoms with van der Waals surface area (Å²) in [6.07, 6.45) is 3.96. The van der Waals surface area contributed by atoms with Crippen molar-refractivity contribution in [3.63, 3.8) is 0 Å². The lowest BCUT2D eigenvalue weighted by molar-refractivity contribution is 0.0816. The van der Waals surface area contributed by atoms with Crippen LogP contribution in [0.1, 0.15) is 45.8 Å². The topological polar surface area (TPSA) is 84.8 Å². The number of carbonyl (C=O) groups is 1. The molecule has 27 heavy (non-hydrogen) atoms. The number of nitriles is 1. The van der Waals surface area contributed by atoms with E-state index in [4.69, 9.17) is 11.6 Å². The number of anilines is 2. The van der Waals surface area contributed by atoms with Gasteiger partial charge in [0.2, 0.25) is 0 Å². The summed E-state index contributed by atoms with van der Waals surface area (Å²) >= 11 is 6.42. The van der Waals surface area contributed by atoms with E-state index < -0.39 is 0 Å². The zero-order chi connectivity index (χ0) is 18.7. The summed E-state index contributed by atoms with van der Waals surface area (Å²) in [6.45, 7) is 0.571. The molecule has 3 heterocycles. The first-order valence-electron chi connectivity index (χ1n) is 8.82. The lowest BCUT2D eigenvalue weighted by Crippen LogP contribution is -2.17. The number of aromatic nitrogens is 2. The second-order valence-electron chi connectivity index (χ2n) is 7.18. The molecule has 0 atom stereocenters. The van der Waals surface area contributed by atoms with Gasteiger partial charge in [-0.3, -0.25) is 4.79 Å². The highest BCUT2D eigenvalue weighted by Crippen LogP contribution is 2.45. The van der Waals surface area contributed by atoms with E-state index >= 15 is 0 Å². The summed E-state index contributed by atoms with van der Waals surface area (Å²) in [6, 6.07) is 7.88. The van der Waals surface area contributed by atoms with Crippen LogP contribution in [0.3, 0.4) is 0 Å². The van der Waals surface area contributed by atoms with Crippen molar-refractivity contribution in [2.45, 2.75) is 25.3 Å². The van der Waals surface area contributed by atoms with Gasteiger partial charge in [0, 0.05) is 30.7 Å². The van der Waals surface area contributed by atoms with Gasteiger partial charge in [-0.15, -0.1) is 0 Å². The molecule has 0 saturated heterocycles. The Morgan fingerprint density at radius 3 is 2.93 bits per heavy atom. The fraction of sp³-hybridized carbons (Fsp3) is 0.250. The number of nitrogens with one attached hydrogen (secondary N) is 2. The fourth-order valence-electron chi connectivity index (χ4n) is 3.75. The number of hydrogen-bond acceptors (Lipinski definition) is 4. The summed E-state index contributed by atoms with van der Waals surface area (Å²) < 4.78 is 0. The standard InChI is InChI=1S/C20H16ClN5O/c1-26-9-11-4-16(15(21)5-14(11)20(26)27)24-17-6-13(10-2-3-10)18-12(7-22)8-23-19(18)25-17/h4-6,8,10H,2-3,9H2,1H3,(H2,23,24,25). The molecule has 1 aromatic carbocycles. The summed E-state index contributed by atoms with van der Waals surface area (Å²) in [7, 11) is 1.78. The van der Waals surface area contributed by atoms with E-state index in [9.17, 15) is 10.1 Å². The second-order valence-corrected chi connectivity index (χ2v) is 7.59. The fourth-order valence-corrected chi connectivity index (χ4v) is 3.96. The van der Waals surface area contributed by atoms with Crippen molar-refractivity contribution in [1.82, 2.24) is 14.9 Å². The minimum absolute atomic E-state index is 0.00978. The number of H-pyrrole nitrogens is 1. The second kappa shape index (κ2) is 5.73. The molecule has 0 unspecified atom stereocenters. The molecule has 0 radical (unpaired) electrons. The first-order chi connectivity index (χ1) is 13.0. The largest absolute Gasteiger partial charge is 0.345 e. The zero-order valence-corrected chi connectivity index (χ0v) is 15.4. The van der Waals surface area contributed by atoms with Gasteiger partial charge in [0.25, 0.3) is 5.91 Å². The SMILES string of the molecule is CN1Cc2cc(Nc3cc(C4CC4)c4c(C#N)c[nH]c4n3)c(Cl)cc2C1=O. The minimum Gasteiger partial charge on any atom is -0.345 e. The van der Waals surface area contributed by atoms with E-state index in [2.05, 4.69) is 21.4 Å². The van der Waals surface area contributed by atoms with E-state index in [1.165, 1.54) is 0 Å². The van der Waals surface area contributed by atoms with Gasteiger partial charge in [0.1, 0.15) is 17.5 Å². The number of aromatic amines is 1. The van der Waals surface area contributed by atoms with Gasteiger partial charge in [0.05, 0.1) is 16.3 Å². The van der Waals surface area contributed by atoms with Crippen molar-refractivity contribution in [3.05, 3.63) is 51.7 Å². The van der Waals surface area contributed by atoms with Crippen molar-refractivity contribution in [2.75, 3.05) is 12.4 Å². The van der Waals surface area contributed by atoms with Gasteiger partial charge in [-0.25, -0.2) is 4.98 Å². The normalized spacial score (nSPS) is 15.9. The summed E-state index contributed by atoms with van der Waals surface area (Å²) in [4.78, 5) is 21.5. The molecule has 134 valence electrons. The average molecular weight is 378 g/mol. The van der Waals surface area contributed by atoms with Gasteiger partial charge in [-0.1, -0.05) is 11.6 Å². The summed E-state index contributed by atoms with van der Waals surface area (Å²) in [5.41, 5.74) is 4.79. The number of halogens is 1. The van der Waals surface area contributed by atoms with Crippen LogP contribution in [0, 0.1) is 11.3 Å². The highest BCUT2D eigenvalue weighted by atomic mass is 35.5. The van der Waals surface area contributed by atoms with Gasteiger partial charge in [-0.05, 0) is 48.1 Å². The summed E-state index contributed by atoms with van der Waals surface area (Å²) in [5.74, 6) is 1.14. The van der Waals surface area contributed by atoms with Gasteiger partial charge >= 0.3 is 0 Å². The van der Waals surface area contributed by atoms with Crippen LogP contribution in [0.15, 0.2) is 24.4 Å². The molecule has 2 aliphatic rings. The van der Waals surface area contributed by atoms with Crippen LogP contribution in [0.25, 0.3) is 11.0 Å². The van der Waals surface area contributed by atoms with Crippen LogP contribution < -0.4 is 5.32 Å². The Balaban J connectivity index is 1.57. The van der Waals surface area contributed by atoms with Crippen molar-refractivity contribution >= 4 is 40.0 Å². The van der Waals surface area contributed by atoms with E-state index in [0.29, 0.717) is 40.1 Å². The first kappa shape index (κ1) is 16.2. The number of hydrogen-bond donors (Lipinski definition) is 2. The molecule has 2 aromatic heterocycles. The van der Waals surface area contributed by atoms with Crippen molar-refractivity contribution in [2.24, 2.45) is 0 Å². The number of carbonyl (C=O) groups excluding carboxylic acids is 1. The molecule has 3 aromatic rings. The van der Waals surface area contributed by atoms with E-state index in [-0.39, 0.29) is 5.91 Å². The van der Waals surface area contributed by atoms with Crippen molar-refractivity contribution < 1.29 is 4.79 Å². The van der Waals surface area contributed by atoms with E-state index in [0.717, 1.165) is 35.0 Å². The number of fused-ring (bicyclic) bond motifs is 2. The summed E-state index contributed by atoms with van der Waals surface area (Å²) in [5, 5.41) is 14.1. The smallest absolute Gasteiger partial charge is 0.254 e. The third-order valence-electron chi connectivity index (χ3n) is 5.25. The number of benzene rings is 1. The molecule has 1 saturated carbocycles. The third kappa shape index (κ3) is 2.54. The predicted molar refractivity (Wildman–Crippen MR) is 103 cm³/mol. The molecule has 1 fully saturated rings. The lowest BCUT2D eigenvalue weighted by Gasteiger charge is -2.12. The minimum atomic E-state index is -0.00978. The Morgan fingerprint density at radius 1 is 1.37 bits per heavy atom. The molecule has 0 spiro atoms. The average Bonchev–Trinajstić information content (AvgIpc) is 3.36. The Hall–Kier alpha value is -3.04. The third-order valence-corrected chi connectivity index (χ3v) is 5.56. The van der Waals surface area contributed by atoms with Crippen molar-refractivity contribution in [1.29, 1.82) is 5.26 Å². The van der Waals surface area contributed by atoms with Crippen LogP contribution in [-0.4, -0.2) is 27.8 Å². The highest BCUT2D eigenvalue weighted by molar-refractivity contribution is 6.33. The number of amides is 1.